The Balaban J connectivity index is 1.40. The summed E-state index contributed by atoms with van der Waals surface area (Å²) < 4.78 is 54.6. The van der Waals surface area contributed by atoms with Crippen LogP contribution in [0.3, 0.4) is 0 Å². The second-order valence-corrected chi connectivity index (χ2v) is 9.21. The summed E-state index contributed by atoms with van der Waals surface area (Å²) >= 11 is 1.00. The van der Waals surface area contributed by atoms with E-state index in [0.717, 1.165) is 22.8 Å². The van der Waals surface area contributed by atoms with Gasteiger partial charge in [0.05, 0.1) is 17.4 Å². The number of fused-ring (bicyclic) bond motifs is 2. The molecule has 1 saturated heterocycles. The van der Waals surface area contributed by atoms with E-state index in [4.69, 9.17) is 4.52 Å². The van der Waals surface area contributed by atoms with E-state index in [1.54, 1.807) is 24.3 Å². The fraction of sp³-hybridized carbons (Fsp3) is 0.278. The van der Waals surface area contributed by atoms with Gasteiger partial charge in [0.15, 0.2) is 5.58 Å². The standard InChI is InChI=1S/C18H15FN4O3S2/c19-12-4-5-13-15(10-12)26-20-17(13)11-6-8-23(9-7-11)28(24,25)16-3-1-2-14-18(16)22-27-21-14/h1-5,10-11H,6-9H2. The lowest BCUT2D eigenvalue weighted by Crippen LogP contribution is -2.38. The number of rotatable bonds is 3. The summed E-state index contributed by atoms with van der Waals surface area (Å²) in [5.74, 6) is -0.309. The largest absolute Gasteiger partial charge is 0.356 e. The van der Waals surface area contributed by atoms with E-state index in [1.165, 1.54) is 16.4 Å². The lowest BCUT2D eigenvalue weighted by Gasteiger charge is -2.30. The first-order valence-electron chi connectivity index (χ1n) is 8.80. The first-order valence-corrected chi connectivity index (χ1v) is 11.0. The van der Waals surface area contributed by atoms with Gasteiger partial charge in [0.2, 0.25) is 10.0 Å². The van der Waals surface area contributed by atoms with E-state index in [9.17, 15) is 12.8 Å². The highest BCUT2D eigenvalue weighted by Crippen LogP contribution is 2.35. The molecular weight excluding hydrogens is 403 g/mol. The summed E-state index contributed by atoms with van der Waals surface area (Å²) in [5.41, 5.74) is 2.17. The summed E-state index contributed by atoms with van der Waals surface area (Å²) in [6, 6.07) is 9.37. The number of hydrogen-bond acceptors (Lipinski definition) is 7. The minimum absolute atomic E-state index is 0.0647. The Kier molecular flexibility index (Phi) is 4.14. The fourth-order valence-corrected chi connectivity index (χ4v) is 5.95. The number of piperidine rings is 1. The van der Waals surface area contributed by atoms with Crippen molar-refractivity contribution in [2.45, 2.75) is 23.7 Å². The number of hydrogen-bond donors (Lipinski definition) is 0. The Hall–Kier alpha value is -2.43. The van der Waals surface area contributed by atoms with Crippen molar-refractivity contribution in [3.05, 3.63) is 47.9 Å². The smallest absolute Gasteiger partial charge is 0.245 e. The first-order chi connectivity index (χ1) is 13.5. The maximum absolute atomic E-state index is 13.3. The quantitative estimate of drug-likeness (QED) is 0.506. The van der Waals surface area contributed by atoms with E-state index >= 15 is 0 Å². The van der Waals surface area contributed by atoms with Gasteiger partial charge in [0.1, 0.15) is 21.7 Å². The van der Waals surface area contributed by atoms with Gasteiger partial charge in [-0.3, -0.25) is 0 Å². The molecule has 7 nitrogen and oxygen atoms in total. The summed E-state index contributed by atoms with van der Waals surface area (Å²) in [7, 11) is -3.65. The van der Waals surface area contributed by atoms with Crippen LogP contribution in [0, 0.1) is 5.82 Å². The van der Waals surface area contributed by atoms with Crippen molar-refractivity contribution in [3.8, 4) is 0 Å². The molecule has 1 fully saturated rings. The van der Waals surface area contributed by atoms with Crippen LogP contribution in [0.4, 0.5) is 4.39 Å². The molecule has 2 aromatic heterocycles. The summed E-state index contributed by atoms with van der Waals surface area (Å²) in [5, 5.41) is 4.89. The molecule has 0 spiro atoms. The van der Waals surface area contributed by atoms with Gasteiger partial charge in [0.25, 0.3) is 0 Å². The summed E-state index contributed by atoms with van der Waals surface area (Å²) in [6.07, 6.45) is 1.23. The van der Waals surface area contributed by atoms with Crippen molar-refractivity contribution < 1.29 is 17.3 Å². The van der Waals surface area contributed by atoms with E-state index in [1.807, 2.05) is 0 Å². The fourth-order valence-electron chi connectivity index (χ4n) is 3.72. The first kappa shape index (κ1) is 17.7. The van der Waals surface area contributed by atoms with Gasteiger partial charge in [0, 0.05) is 30.5 Å². The number of halogens is 1. The topological polar surface area (TPSA) is 89.2 Å². The van der Waals surface area contributed by atoms with Crippen LogP contribution >= 0.6 is 11.7 Å². The molecule has 5 rings (SSSR count). The Morgan fingerprint density at radius 2 is 1.96 bits per heavy atom. The van der Waals surface area contributed by atoms with Crippen LogP contribution in [0.2, 0.25) is 0 Å². The molecule has 2 aromatic carbocycles. The second kappa shape index (κ2) is 6.57. The highest BCUT2D eigenvalue weighted by Gasteiger charge is 2.33. The third-order valence-electron chi connectivity index (χ3n) is 5.17. The SMILES string of the molecule is O=S(=O)(c1cccc2nsnc12)N1CCC(c2noc3cc(F)ccc23)CC1. The number of aromatic nitrogens is 3. The third kappa shape index (κ3) is 2.79. The molecule has 4 aromatic rings. The minimum Gasteiger partial charge on any atom is -0.356 e. The molecule has 144 valence electrons. The van der Waals surface area contributed by atoms with E-state index in [-0.39, 0.29) is 16.6 Å². The van der Waals surface area contributed by atoms with E-state index < -0.39 is 10.0 Å². The van der Waals surface area contributed by atoms with Crippen molar-refractivity contribution in [2.24, 2.45) is 0 Å². The molecule has 0 aliphatic carbocycles. The summed E-state index contributed by atoms with van der Waals surface area (Å²) in [6.45, 7) is 0.743. The lowest BCUT2D eigenvalue weighted by atomic mass is 9.92. The van der Waals surface area contributed by atoms with Crippen molar-refractivity contribution >= 4 is 43.8 Å². The summed E-state index contributed by atoms with van der Waals surface area (Å²) in [4.78, 5) is 0.194. The van der Waals surface area contributed by atoms with Crippen molar-refractivity contribution in [1.82, 2.24) is 18.2 Å². The number of nitrogens with zero attached hydrogens (tertiary/aromatic N) is 4. The normalized spacial score (nSPS) is 16.9. The Labute approximate surface area is 164 Å². The number of sulfonamides is 1. The van der Waals surface area contributed by atoms with Crippen molar-refractivity contribution in [2.75, 3.05) is 13.1 Å². The van der Waals surface area contributed by atoms with Gasteiger partial charge in [-0.25, -0.2) is 12.8 Å². The Bertz CT molecular complexity index is 1280. The third-order valence-corrected chi connectivity index (χ3v) is 7.64. The average Bonchev–Trinajstić information content (AvgIpc) is 3.34. The predicted molar refractivity (Wildman–Crippen MR) is 102 cm³/mol. The minimum atomic E-state index is -3.65. The molecule has 3 heterocycles. The molecule has 0 saturated carbocycles. The lowest BCUT2D eigenvalue weighted by molar-refractivity contribution is 0.310. The molecule has 28 heavy (non-hydrogen) atoms. The van der Waals surface area contributed by atoms with Gasteiger partial charge in [-0.2, -0.15) is 13.1 Å². The van der Waals surface area contributed by atoms with Crippen molar-refractivity contribution in [3.63, 3.8) is 0 Å². The van der Waals surface area contributed by atoms with Gasteiger partial charge in [-0.05, 0) is 37.1 Å². The highest BCUT2D eigenvalue weighted by molar-refractivity contribution is 7.89. The Morgan fingerprint density at radius 1 is 1.14 bits per heavy atom. The van der Waals surface area contributed by atoms with Crippen LogP contribution in [-0.2, 0) is 10.0 Å². The van der Waals surface area contributed by atoms with Gasteiger partial charge >= 0.3 is 0 Å². The van der Waals surface area contributed by atoms with Gasteiger partial charge in [-0.1, -0.05) is 11.2 Å². The van der Waals surface area contributed by atoms with E-state index in [0.29, 0.717) is 42.5 Å². The molecule has 10 heteroatoms. The molecule has 0 unspecified atom stereocenters. The van der Waals surface area contributed by atoms with Crippen LogP contribution in [0.1, 0.15) is 24.5 Å². The Morgan fingerprint density at radius 3 is 2.79 bits per heavy atom. The van der Waals surface area contributed by atoms with E-state index in [2.05, 4.69) is 13.9 Å². The zero-order valence-corrected chi connectivity index (χ0v) is 16.2. The predicted octanol–water partition coefficient (Wildman–Crippen LogP) is 3.54. The molecular formula is C18H15FN4O3S2. The van der Waals surface area contributed by atoms with Crippen LogP contribution in [-0.4, -0.2) is 39.7 Å². The molecule has 1 aliphatic heterocycles. The molecule has 0 N–H and O–H groups in total. The van der Waals surface area contributed by atoms with Crippen LogP contribution < -0.4 is 0 Å². The highest BCUT2D eigenvalue weighted by atomic mass is 32.2. The van der Waals surface area contributed by atoms with Crippen LogP contribution in [0.5, 0.6) is 0 Å². The van der Waals surface area contributed by atoms with Crippen LogP contribution in [0.25, 0.3) is 22.0 Å². The zero-order valence-electron chi connectivity index (χ0n) is 14.6. The second-order valence-electron chi connectivity index (χ2n) is 6.77. The number of benzene rings is 2. The maximum atomic E-state index is 13.3. The van der Waals surface area contributed by atoms with Gasteiger partial charge in [-0.15, -0.1) is 0 Å². The monoisotopic (exact) mass is 418 g/mol. The van der Waals surface area contributed by atoms with Gasteiger partial charge < -0.3 is 4.52 Å². The molecule has 0 atom stereocenters. The zero-order chi connectivity index (χ0) is 19.3. The maximum Gasteiger partial charge on any atom is 0.245 e. The molecule has 1 aliphatic rings. The average molecular weight is 418 g/mol. The molecule has 0 radical (unpaired) electrons. The molecule has 0 amide bonds. The molecule has 0 bridgehead atoms. The van der Waals surface area contributed by atoms with Crippen molar-refractivity contribution in [1.29, 1.82) is 0 Å². The van der Waals surface area contributed by atoms with Crippen LogP contribution in [0.15, 0.2) is 45.8 Å².